The van der Waals surface area contributed by atoms with Gasteiger partial charge in [-0.15, -0.1) is 0 Å². The molecule has 0 aliphatic carbocycles. The molecule has 1 aromatic carbocycles. The van der Waals surface area contributed by atoms with Crippen LogP contribution in [0.2, 0.25) is 0 Å². The Morgan fingerprint density at radius 2 is 2.00 bits per heavy atom. The molecular weight excluding hydrogens is 254 g/mol. The molecule has 1 rings (SSSR count). The Morgan fingerprint density at radius 3 is 2.45 bits per heavy atom. The molecule has 0 heterocycles. The summed E-state index contributed by atoms with van der Waals surface area (Å²) in [5.41, 5.74) is 1.64. The van der Waals surface area contributed by atoms with E-state index in [0.29, 0.717) is 5.46 Å². The fraction of sp³-hybridized carbons (Fsp3) is 0.143. The van der Waals surface area contributed by atoms with Gasteiger partial charge in [-0.2, -0.15) is 0 Å². The van der Waals surface area contributed by atoms with Crippen LogP contribution in [-0.4, -0.2) is 17.2 Å². The van der Waals surface area contributed by atoms with Gasteiger partial charge in [0.1, 0.15) is 0 Å². The first-order chi connectivity index (χ1) is 5.13. The van der Waals surface area contributed by atoms with Gasteiger partial charge in [0, 0.05) is 3.57 Å². The van der Waals surface area contributed by atoms with Gasteiger partial charge in [0.05, 0.1) is 0 Å². The summed E-state index contributed by atoms with van der Waals surface area (Å²) < 4.78 is 0.917. The molecule has 0 amide bonds. The molecule has 0 unspecified atom stereocenters. The number of halogens is 1. The minimum atomic E-state index is -1.36. The van der Waals surface area contributed by atoms with Gasteiger partial charge >= 0.3 is 7.12 Å². The highest BCUT2D eigenvalue weighted by Gasteiger charge is 2.14. The topological polar surface area (TPSA) is 40.5 Å². The molecule has 0 aliphatic heterocycles. The molecule has 0 aromatic heterocycles. The first kappa shape index (κ1) is 9.03. The van der Waals surface area contributed by atoms with Crippen molar-refractivity contribution in [1.29, 1.82) is 0 Å². The van der Waals surface area contributed by atoms with Crippen LogP contribution in [0.25, 0.3) is 0 Å². The zero-order chi connectivity index (χ0) is 8.43. The Hall–Kier alpha value is -0.0651. The van der Waals surface area contributed by atoms with Gasteiger partial charge in [-0.05, 0) is 40.5 Å². The predicted octanol–water partition coefficient (Wildman–Crippen LogP) is 0.279. The molecule has 0 spiro atoms. The molecule has 0 aliphatic rings. The molecule has 1 aromatic rings. The second kappa shape index (κ2) is 3.56. The van der Waals surface area contributed by atoms with E-state index in [9.17, 15) is 0 Å². The molecule has 0 saturated heterocycles. The molecule has 2 nitrogen and oxygen atoms in total. The first-order valence-electron chi connectivity index (χ1n) is 3.24. The maximum absolute atomic E-state index is 8.88. The Bertz CT molecular complexity index is 263. The maximum atomic E-state index is 8.88. The van der Waals surface area contributed by atoms with Gasteiger partial charge in [-0.25, -0.2) is 0 Å². The van der Waals surface area contributed by atoms with Gasteiger partial charge in [0.2, 0.25) is 0 Å². The zero-order valence-electron chi connectivity index (χ0n) is 6.08. The number of aryl methyl sites for hydroxylation is 1. The lowest BCUT2D eigenvalue weighted by Crippen LogP contribution is -2.32. The standard InChI is InChI=1S/C7H8BIO2/c1-5-3-2-4-6(7(5)9)8(10)11/h2-4,10-11H,1H3. The average molecular weight is 262 g/mol. The molecule has 11 heavy (non-hydrogen) atoms. The number of hydrogen-bond donors (Lipinski definition) is 2. The van der Waals surface area contributed by atoms with Crippen LogP contribution in [0.1, 0.15) is 5.56 Å². The third-order valence-corrected chi connectivity index (χ3v) is 2.97. The molecular formula is C7H8BIO2. The van der Waals surface area contributed by atoms with E-state index in [0.717, 1.165) is 9.13 Å². The second-order valence-corrected chi connectivity index (χ2v) is 3.43. The van der Waals surface area contributed by atoms with Crippen LogP contribution in [0, 0.1) is 10.5 Å². The van der Waals surface area contributed by atoms with E-state index in [4.69, 9.17) is 10.0 Å². The zero-order valence-corrected chi connectivity index (χ0v) is 8.24. The molecule has 4 heteroatoms. The van der Waals surface area contributed by atoms with Crippen molar-refractivity contribution >= 4 is 35.2 Å². The van der Waals surface area contributed by atoms with Crippen LogP contribution < -0.4 is 5.46 Å². The molecule has 0 atom stereocenters. The summed E-state index contributed by atoms with van der Waals surface area (Å²) in [6.45, 7) is 1.94. The lowest BCUT2D eigenvalue weighted by Gasteiger charge is -2.04. The lowest BCUT2D eigenvalue weighted by molar-refractivity contribution is 0.425. The van der Waals surface area contributed by atoms with Crippen molar-refractivity contribution in [3.8, 4) is 0 Å². The van der Waals surface area contributed by atoms with Crippen LogP contribution in [0.3, 0.4) is 0 Å². The van der Waals surface area contributed by atoms with Gasteiger partial charge in [-0.1, -0.05) is 18.2 Å². The second-order valence-electron chi connectivity index (χ2n) is 2.35. The lowest BCUT2D eigenvalue weighted by atomic mass is 9.80. The fourth-order valence-electron chi connectivity index (χ4n) is 0.870. The summed E-state index contributed by atoms with van der Waals surface area (Å²) in [6, 6.07) is 5.46. The van der Waals surface area contributed by atoms with Crippen LogP contribution >= 0.6 is 22.6 Å². The summed E-state index contributed by atoms with van der Waals surface area (Å²) in [4.78, 5) is 0. The first-order valence-corrected chi connectivity index (χ1v) is 4.32. The minimum absolute atomic E-state index is 0.575. The maximum Gasteiger partial charge on any atom is 0.489 e. The van der Waals surface area contributed by atoms with Crippen molar-refractivity contribution in [2.75, 3.05) is 0 Å². The highest BCUT2D eigenvalue weighted by molar-refractivity contribution is 14.1. The monoisotopic (exact) mass is 262 g/mol. The minimum Gasteiger partial charge on any atom is -0.423 e. The average Bonchev–Trinajstić information content (AvgIpc) is 1.94. The van der Waals surface area contributed by atoms with Crippen molar-refractivity contribution in [2.24, 2.45) is 0 Å². The van der Waals surface area contributed by atoms with E-state index < -0.39 is 7.12 Å². The van der Waals surface area contributed by atoms with E-state index in [-0.39, 0.29) is 0 Å². The van der Waals surface area contributed by atoms with Crippen LogP contribution in [0.4, 0.5) is 0 Å². The smallest absolute Gasteiger partial charge is 0.423 e. The van der Waals surface area contributed by atoms with Crippen LogP contribution in [-0.2, 0) is 0 Å². The Kier molecular flexibility index (Phi) is 2.92. The van der Waals surface area contributed by atoms with E-state index in [1.807, 2.05) is 19.1 Å². The van der Waals surface area contributed by atoms with E-state index >= 15 is 0 Å². The normalized spacial score (nSPS) is 9.82. The van der Waals surface area contributed by atoms with Crippen LogP contribution in [0.5, 0.6) is 0 Å². The molecule has 0 radical (unpaired) electrons. The molecule has 2 N–H and O–H groups in total. The van der Waals surface area contributed by atoms with Crippen molar-refractivity contribution in [3.05, 3.63) is 27.3 Å². The molecule has 0 saturated carbocycles. The third kappa shape index (κ3) is 1.94. The summed E-state index contributed by atoms with van der Waals surface area (Å²) in [5.74, 6) is 0. The van der Waals surface area contributed by atoms with Gasteiger partial charge in [0.25, 0.3) is 0 Å². The molecule has 0 fully saturated rings. The van der Waals surface area contributed by atoms with E-state index in [2.05, 4.69) is 22.6 Å². The van der Waals surface area contributed by atoms with Crippen molar-refractivity contribution in [1.82, 2.24) is 0 Å². The third-order valence-electron chi connectivity index (χ3n) is 1.50. The van der Waals surface area contributed by atoms with Crippen molar-refractivity contribution < 1.29 is 10.0 Å². The van der Waals surface area contributed by atoms with Crippen LogP contribution in [0.15, 0.2) is 18.2 Å². The summed E-state index contributed by atoms with van der Waals surface area (Å²) in [7, 11) is -1.36. The molecule has 0 bridgehead atoms. The van der Waals surface area contributed by atoms with E-state index in [1.165, 1.54) is 0 Å². The summed E-state index contributed by atoms with van der Waals surface area (Å²) in [6.07, 6.45) is 0. The quantitative estimate of drug-likeness (QED) is 0.563. The largest absolute Gasteiger partial charge is 0.489 e. The van der Waals surface area contributed by atoms with Crippen molar-refractivity contribution in [2.45, 2.75) is 6.92 Å². The van der Waals surface area contributed by atoms with E-state index in [1.54, 1.807) is 6.07 Å². The highest BCUT2D eigenvalue weighted by Crippen LogP contribution is 2.07. The molecule has 58 valence electrons. The Labute approximate surface area is 79.5 Å². The number of rotatable bonds is 1. The number of hydrogen-bond acceptors (Lipinski definition) is 2. The van der Waals surface area contributed by atoms with Gasteiger partial charge in [0.15, 0.2) is 0 Å². The van der Waals surface area contributed by atoms with Crippen molar-refractivity contribution in [3.63, 3.8) is 0 Å². The summed E-state index contributed by atoms with van der Waals surface area (Å²) >= 11 is 2.10. The SMILES string of the molecule is Cc1cccc(B(O)O)c1I. The number of benzene rings is 1. The van der Waals surface area contributed by atoms with Gasteiger partial charge in [-0.3, -0.25) is 0 Å². The fourth-order valence-corrected chi connectivity index (χ4v) is 1.51. The summed E-state index contributed by atoms with van der Waals surface area (Å²) in [5, 5.41) is 17.8. The van der Waals surface area contributed by atoms with Gasteiger partial charge < -0.3 is 10.0 Å². The Morgan fingerprint density at radius 1 is 1.36 bits per heavy atom. The Balaban J connectivity index is 3.17. The highest BCUT2D eigenvalue weighted by atomic mass is 127. The predicted molar refractivity (Wildman–Crippen MR) is 53.7 cm³/mol.